The van der Waals surface area contributed by atoms with Gasteiger partial charge in [0.2, 0.25) is 0 Å². The normalized spacial score (nSPS) is 13.1. The molecule has 0 N–H and O–H groups in total. The molecule has 6 nitrogen and oxygen atoms in total. The molecule has 0 aromatic carbocycles. The molecule has 0 aromatic rings. The summed E-state index contributed by atoms with van der Waals surface area (Å²) in [6.07, 6.45) is 70.5. The molecule has 64 heavy (non-hydrogen) atoms. The highest BCUT2D eigenvalue weighted by molar-refractivity contribution is 5.71. The van der Waals surface area contributed by atoms with Gasteiger partial charge in [0.15, 0.2) is 6.10 Å². The zero-order chi connectivity index (χ0) is 46.5. The van der Waals surface area contributed by atoms with E-state index in [0.29, 0.717) is 19.3 Å². The number of ether oxygens (including phenoxy) is 3. The fourth-order valence-electron chi connectivity index (χ4n) is 6.40. The van der Waals surface area contributed by atoms with Gasteiger partial charge in [-0.1, -0.05) is 200 Å². The van der Waals surface area contributed by atoms with E-state index in [1.54, 1.807) is 0 Å². The van der Waals surface area contributed by atoms with Crippen molar-refractivity contribution in [1.82, 2.24) is 0 Å². The maximum atomic E-state index is 12.8. The Bertz CT molecular complexity index is 1390. The van der Waals surface area contributed by atoms with Crippen LogP contribution in [0.5, 0.6) is 0 Å². The molecule has 0 aliphatic rings. The van der Waals surface area contributed by atoms with Gasteiger partial charge in [0.25, 0.3) is 0 Å². The average molecular weight is 885 g/mol. The van der Waals surface area contributed by atoms with Crippen LogP contribution in [-0.2, 0) is 28.6 Å². The predicted octanol–water partition coefficient (Wildman–Crippen LogP) is 16.9. The highest BCUT2D eigenvalue weighted by atomic mass is 16.6. The molecular weight excluding hydrogens is 793 g/mol. The summed E-state index contributed by atoms with van der Waals surface area (Å²) in [5.74, 6) is -1.04. The first-order chi connectivity index (χ1) is 31.5. The minimum Gasteiger partial charge on any atom is -0.462 e. The summed E-state index contributed by atoms with van der Waals surface area (Å²) in [6, 6.07) is 0. The molecule has 0 bridgehead atoms. The maximum absolute atomic E-state index is 12.8. The van der Waals surface area contributed by atoms with E-state index < -0.39 is 12.1 Å². The number of hydrogen-bond acceptors (Lipinski definition) is 6. The lowest BCUT2D eigenvalue weighted by Gasteiger charge is -2.18. The summed E-state index contributed by atoms with van der Waals surface area (Å²) < 4.78 is 16.7. The van der Waals surface area contributed by atoms with Crippen molar-refractivity contribution in [2.24, 2.45) is 0 Å². The molecule has 6 heteroatoms. The van der Waals surface area contributed by atoms with Crippen molar-refractivity contribution in [2.75, 3.05) is 13.2 Å². The SMILES string of the molecule is CC/C=C\C/C=C\C/C=C\C/C=C\C/C=C\CCC(=O)OC(COC(=O)CCCCCCC/C=C\CCCC)COC(=O)CCCCCCCC/C=C\C/C=C\C/C=C\C/C=C\CC. The second-order valence-electron chi connectivity index (χ2n) is 16.3. The second kappa shape index (κ2) is 51.4. The molecule has 1 unspecified atom stereocenters. The number of allylic oxidation sites excluding steroid dienone is 20. The molecule has 0 heterocycles. The topological polar surface area (TPSA) is 78.9 Å². The van der Waals surface area contributed by atoms with Crippen molar-refractivity contribution in [2.45, 2.75) is 213 Å². The van der Waals surface area contributed by atoms with Gasteiger partial charge < -0.3 is 14.2 Å². The summed E-state index contributed by atoms with van der Waals surface area (Å²) in [4.78, 5) is 37.9. The van der Waals surface area contributed by atoms with Crippen LogP contribution in [0.1, 0.15) is 207 Å². The predicted molar refractivity (Wildman–Crippen MR) is 274 cm³/mol. The van der Waals surface area contributed by atoms with Crippen LogP contribution in [0.25, 0.3) is 0 Å². The number of carbonyl (C=O) groups excluding carboxylic acids is 3. The molecule has 0 rings (SSSR count). The van der Waals surface area contributed by atoms with E-state index >= 15 is 0 Å². The van der Waals surface area contributed by atoms with E-state index in [9.17, 15) is 14.4 Å². The monoisotopic (exact) mass is 885 g/mol. The van der Waals surface area contributed by atoms with Gasteiger partial charge in [0.1, 0.15) is 13.2 Å². The van der Waals surface area contributed by atoms with Crippen LogP contribution < -0.4 is 0 Å². The lowest BCUT2D eigenvalue weighted by Crippen LogP contribution is -2.30. The van der Waals surface area contributed by atoms with Gasteiger partial charge in [-0.25, -0.2) is 0 Å². The zero-order valence-corrected chi connectivity index (χ0v) is 41.0. The van der Waals surface area contributed by atoms with Gasteiger partial charge in [0.05, 0.1) is 0 Å². The van der Waals surface area contributed by atoms with Crippen LogP contribution in [0.15, 0.2) is 122 Å². The standard InChI is InChI=1S/C58H92O6/c1-4-7-10-13-16-19-22-24-26-28-29-30-32-33-36-39-42-45-48-51-57(60)63-54-55(53-62-56(59)50-47-44-41-38-35-21-18-15-12-9-6-3)64-58(61)52-49-46-43-40-37-34-31-27-25-23-20-17-14-11-8-5-2/h7-8,10-11,15-20,24-27,29-30,34,37,43,46,55H,4-6,9,12-14,21-23,28,31-33,35-36,38-42,44-45,47-54H2,1-3H3/b10-7-,11-8-,18-15-,19-16-,20-17-,26-24-,27-25-,30-29-,37-34-,46-43-. The average Bonchev–Trinajstić information content (AvgIpc) is 3.29. The molecule has 0 radical (unpaired) electrons. The molecule has 0 saturated carbocycles. The fourth-order valence-corrected chi connectivity index (χ4v) is 6.40. The summed E-state index contributed by atoms with van der Waals surface area (Å²) in [5.41, 5.74) is 0. The van der Waals surface area contributed by atoms with Crippen LogP contribution in [0.3, 0.4) is 0 Å². The molecule has 0 spiro atoms. The third-order valence-corrected chi connectivity index (χ3v) is 10.2. The Balaban J connectivity index is 4.52. The lowest BCUT2D eigenvalue weighted by molar-refractivity contribution is -0.166. The van der Waals surface area contributed by atoms with E-state index in [1.165, 1.54) is 38.5 Å². The third kappa shape index (κ3) is 48.8. The Kier molecular flexibility index (Phi) is 48.1. The summed E-state index contributed by atoms with van der Waals surface area (Å²) >= 11 is 0. The molecule has 360 valence electrons. The van der Waals surface area contributed by atoms with Gasteiger partial charge in [-0.2, -0.15) is 0 Å². The zero-order valence-electron chi connectivity index (χ0n) is 41.0. The van der Waals surface area contributed by atoms with Crippen molar-refractivity contribution >= 4 is 17.9 Å². The van der Waals surface area contributed by atoms with Gasteiger partial charge in [-0.15, -0.1) is 0 Å². The Morgan fingerprint density at radius 3 is 1.03 bits per heavy atom. The van der Waals surface area contributed by atoms with Gasteiger partial charge >= 0.3 is 17.9 Å². The summed E-state index contributed by atoms with van der Waals surface area (Å²) in [7, 11) is 0. The van der Waals surface area contributed by atoms with E-state index in [1.807, 2.05) is 12.2 Å². The molecule has 0 saturated heterocycles. The number of hydrogen-bond donors (Lipinski definition) is 0. The molecule has 0 aliphatic carbocycles. The quantitative estimate of drug-likeness (QED) is 0.0262. The van der Waals surface area contributed by atoms with Crippen LogP contribution in [0.4, 0.5) is 0 Å². The van der Waals surface area contributed by atoms with E-state index in [4.69, 9.17) is 14.2 Å². The Morgan fingerprint density at radius 2 is 0.641 bits per heavy atom. The van der Waals surface area contributed by atoms with Gasteiger partial charge in [-0.3, -0.25) is 14.4 Å². The first kappa shape index (κ1) is 59.8. The molecule has 0 aliphatic heterocycles. The van der Waals surface area contributed by atoms with E-state index in [0.717, 1.165) is 122 Å². The molecular formula is C58H92O6. The highest BCUT2D eigenvalue weighted by Crippen LogP contribution is 2.12. The smallest absolute Gasteiger partial charge is 0.306 e. The van der Waals surface area contributed by atoms with Crippen LogP contribution in [0, 0.1) is 0 Å². The first-order valence-electron chi connectivity index (χ1n) is 25.5. The van der Waals surface area contributed by atoms with E-state index in [-0.39, 0.29) is 31.6 Å². The number of carbonyl (C=O) groups is 3. The molecule has 0 fully saturated rings. The second-order valence-corrected chi connectivity index (χ2v) is 16.3. The molecule has 1 atom stereocenters. The van der Waals surface area contributed by atoms with Crippen LogP contribution >= 0.6 is 0 Å². The van der Waals surface area contributed by atoms with Crippen LogP contribution in [0.2, 0.25) is 0 Å². The van der Waals surface area contributed by atoms with Crippen molar-refractivity contribution < 1.29 is 28.6 Å². The lowest BCUT2D eigenvalue weighted by atomic mass is 10.1. The Labute approximate surface area is 392 Å². The number of unbranched alkanes of at least 4 members (excludes halogenated alkanes) is 13. The van der Waals surface area contributed by atoms with Gasteiger partial charge in [0, 0.05) is 19.3 Å². The minimum absolute atomic E-state index is 0.120. The van der Waals surface area contributed by atoms with Crippen LogP contribution in [-0.4, -0.2) is 37.2 Å². The van der Waals surface area contributed by atoms with Crippen molar-refractivity contribution in [3.05, 3.63) is 122 Å². The number of rotatable bonds is 44. The molecule has 0 aromatic heterocycles. The van der Waals surface area contributed by atoms with E-state index in [2.05, 4.69) is 130 Å². The van der Waals surface area contributed by atoms with Crippen molar-refractivity contribution in [3.63, 3.8) is 0 Å². The summed E-state index contributed by atoms with van der Waals surface area (Å²) in [5, 5.41) is 0. The van der Waals surface area contributed by atoms with Crippen molar-refractivity contribution in [1.29, 1.82) is 0 Å². The number of esters is 3. The van der Waals surface area contributed by atoms with Crippen molar-refractivity contribution in [3.8, 4) is 0 Å². The maximum Gasteiger partial charge on any atom is 0.306 e. The Hall–Kier alpha value is -4.19. The minimum atomic E-state index is -0.829. The summed E-state index contributed by atoms with van der Waals surface area (Å²) in [6.45, 7) is 6.27. The molecule has 0 amide bonds. The van der Waals surface area contributed by atoms with Gasteiger partial charge in [-0.05, 0) is 109 Å². The largest absolute Gasteiger partial charge is 0.462 e. The fraction of sp³-hybridized carbons (Fsp3) is 0.603. The first-order valence-corrected chi connectivity index (χ1v) is 25.5. The third-order valence-electron chi connectivity index (χ3n) is 10.2. The highest BCUT2D eigenvalue weighted by Gasteiger charge is 2.19. The Morgan fingerprint density at radius 1 is 0.328 bits per heavy atom.